The van der Waals surface area contributed by atoms with Crippen LogP contribution in [0.15, 0.2) is 0 Å². The van der Waals surface area contributed by atoms with E-state index in [2.05, 4.69) is 0 Å². The first-order chi connectivity index (χ1) is 6.48. The van der Waals surface area contributed by atoms with E-state index in [0.29, 0.717) is 0 Å². The Morgan fingerprint density at radius 1 is 1.00 bits per heavy atom. The van der Waals surface area contributed by atoms with E-state index in [1.54, 1.807) is 0 Å². The molecule has 1 N–H and O–H groups in total. The minimum absolute atomic E-state index is 0.135. The summed E-state index contributed by atoms with van der Waals surface area (Å²) in [6, 6.07) is 0. The fraction of sp³-hybridized carbons (Fsp3) is 1.00. The highest BCUT2D eigenvalue weighted by Crippen LogP contribution is 2.48. The molecule has 0 heterocycles. The van der Waals surface area contributed by atoms with Gasteiger partial charge >= 0.3 is 12.4 Å². The van der Waals surface area contributed by atoms with Crippen molar-refractivity contribution >= 4 is 0 Å². The number of hydrogen-bond donors (Lipinski definition) is 1. The van der Waals surface area contributed by atoms with Gasteiger partial charge in [-0.1, -0.05) is 20.3 Å². The molecule has 0 unspecified atom stereocenters. The molecule has 0 aliphatic rings. The standard InChI is InChI=1S/C8H12F6O/c1-3-4-5(2)6(15,7(9,10)11)8(12,13)14/h5,15H,3-4H2,1-2H3/t5-/m0/s1. The molecule has 0 bridgehead atoms. The molecule has 92 valence electrons. The highest BCUT2D eigenvalue weighted by atomic mass is 19.4. The normalized spacial score (nSPS) is 16.6. The van der Waals surface area contributed by atoms with E-state index >= 15 is 0 Å². The lowest BCUT2D eigenvalue weighted by atomic mass is 9.84. The molecule has 0 fully saturated rings. The van der Waals surface area contributed by atoms with Gasteiger partial charge in [0.15, 0.2) is 0 Å². The van der Waals surface area contributed by atoms with Gasteiger partial charge in [-0.25, -0.2) is 0 Å². The Morgan fingerprint density at radius 3 is 1.53 bits per heavy atom. The van der Waals surface area contributed by atoms with E-state index in [1.807, 2.05) is 0 Å². The van der Waals surface area contributed by atoms with E-state index < -0.39 is 23.9 Å². The van der Waals surface area contributed by atoms with Gasteiger partial charge in [0.25, 0.3) is 5.60 Å². The zero-order chi connectivity index (χ0) is 12.5. The fourth-order valence-electron chi connectivity index (χ4n) is 1.36. The van der Waals surface area contributed by atoms with Crippen LogP contribution < -0.4 is 0 Å². The van der Waals surface area contributed by atoms with Crippen LogP contribution in [0.3, 0.4) is 0 Å². The lowest BCUT2D eigenvalue weighted by Crippen LogP contribution is -2.60. The summed E-state index contributed by atoms with van der Waals surface area (Å²) in [4.78, 5) is 0. The Balaban J connectivity index is 5.23. The molecule has 0 saturated carbocycles. The zero-order valence-electron chi connectivity index (χ0n) is 8.21. The molecule has 0 aliphatic carbocycles. The van der Waals surface area contributed by atoms with E-state index in [0.717, 1.165) is 6.92 Å². The quantitative estimate of drug-likeness (QED) is 0.748. The molecular weight excluding hydrogens is 226 g/mol. The molecule has 0 aromatic rings. The van der Waals surface area contributed by atoms with Gasteiger partial charge in [-0.3, -0.25) is 0 Å². The molecule has 1 nitrogen and oxygen atoms in total. The van der Waals surface area contributed by atoms with E-state index in [4.69, 9.17) is 5.11 Å². The number of alkyl halides is 6. The third-order valence-corrected chi connectivity index (χ3v) is 2.30. The first-order valence-corrected chi connectivity index (χ1v) is 4.34. The molecule has 0 aromatic carbocycles. The van der Waals surface area contributed by atoms with Crippen molar-refractivity contribution in [2.24, 2.45) is 5.92 Å². The molecule has 0 rings (SSSR count). The highest BCUT2D eigenvalue weighted by molar-refractivity contribution is 4.97. The fourth-order valence-corrected chi connectivity index (χ4v) is 1.36. The van der Waals surface area contributed by atoms with E-state index in [-0.39, 0.29) is 12.8 Å². The Kier molecular flexibility index (Phi) is 4.06. The van der Waals surface area contributed by atoms with Crippen molar-refractivity contribution in [1.82, 2.24) is 0 Å². The molecule has 0 spiro atoms. The lowest BCUT2D eigenvalue weighted by molar-refractivity contribution is -0.383. The van der Waals surface area contributed by atoms with Crippen LogP contribution in [0, 0.1) is 5.92 Å². The predicted molar refractivity (Wildman–Crippen MR) is 41.1 cm³/mol. The highest BCUT2D eigenvalue weighted by Gasteiger charge is 2.72. The van der Waals surface area contributed by atoms with Crippen LogP contribution in [-0.2, 0) is 0 Å². The topological polar surface area (TPSA) is 20.2 Å². The number of aliphatic hydroxyl groups is 1. The molecule has 1 atom stereocenters. The summed E-state index contributed by atoms with van der Waals surface area (Å²) in [6.45, 7) is 2.19. The third kappa shape index (κ3) is 2.56. The van der Waals surface area contributed by atoms with Crippen molar-refractivity contribution < 1.29 is 31.4 Å². The van der Waals surface area contributed by atoms with Crippen LogP contribution in [0.4, 0.5) is 26.3 Å². The zero-order valence-corrected chi connectivity index (χ0v) is 8.21. The van der Waals surface area contributed by atoms with Crippen LogP contribution in [0.25, 0.3) is 0 Å². The second kappa shape index (κ2) is 4.19. The molecule has 0 aromatic heterocycles. The Bertz CT molecular complexity index is 192. The lowest BCUT2D eigenvalue weighted by Gasteiger charge is -2.37. The van der Waals surface area contributed by atoms with Gasteiger partial charge in [-0.2, -0.15) is 26.3 Å². The molecule has 7 heteroatoms. The number of hydrogen-bond acceptors (Lipinski definition) is 1. The monoisotopic (exact) mass is 238 g/mol. The van der Waals surface area contributed by atoms with E-state index in [9.17, 15) is 26.3 Å². The summed E-state index contributed by atoms with van der Waals surface area (Å²) >= 11 is 0. The molecular formula is C8H12F6O. The third-order valence-electron chi connectivity index (χ3n) is 2.30. The first-order valence-electron chi connectivity index (χ1n) is 4.34. The van der Waals surface area contributed by atoms with Crippen molar-refractivity contribution in [2.75, 3.05) is 0 Å². The summed E-state index contributed by atoms with van der Waals surface area (Å²) < 4.78 is 73.2. The Hall–Kier alpha value is -0.460. The van der Waals surface area contributed by atoms with Crippen molar-refractivity contribution in [3.05, 3.63) is 0 Å². The van der Waals surface area contributed by atoms with Gasteiger partial charge in [-0.15, -0.1) is 0 Å². The number of rotatable bonds is 3. The van der Waals surface area contributed by atoms with Gasteiger partial charge in [0.05, 0.1) is 0 Å². The van der Waals surface area contributed by atoms with Crippen LogP contribution in [0.5, 0.6) is 0 Å². The average Bonchev–Trinajstić information content (AvgIpc) is 1.99. The van der Waals surface area contributed by atoms with Crippen LogP contribution in [0.2, 0.25) is 0 Å². The SMILES string of the molecule is CCC[C@H](C)C(O)(C(F)(F)F)C(F)(F)F. The molecule has 0 saturated heterocycles. The first kappa shape index (κ1) is 14.5. The second-order valence-corrected chi connectivity index (χ2v) is 3.45. The molecule has 0 aliphatic heterocycles. The Morgan fingerprint density at radius 2 is 1.33 bits per heavy atom. The maximum atomic E-state index is 12.2. The summed E-state index contributed by atoms with van der Waals surface area (Å²) in [7, 11) is 0. The molecule has 15 heavy (non-hydrogen) atoms. The van der Waals surface area contributed by atoms with Gasteiger partial charge in [-0.05, 0) is 6.42 Å². The second-order valence-electron chi connectivity index (χ2n) is 3.45. The smallest absolute Gasteiger partial charge is 0.373 e. The van der Waals surface area contributed by atoms with Crippen LogP contribution in [0.1, 0.15) is 26.7 Å². The van der Waals surface area contributed by atoms with Crippen molar-refractivity contribution in [3.63, 3.8) is 0 Å². The predicted octanol–water partition coefficient (Wildman–Crippen LogP) is 3.28. The van der Waals surface area contributed by atoms with Gasteiger partial charge in [0.1, 0.15) is 0 Å². The Labute approximate surface area is 83.1 Å². The van der Waals surface area contributed by atoms with Gasteiger partial charge in [0.2, 0.25) is 0 Å². The summed E-state index contributed by atoms with van der Waals surface area (Å²) in [5, 5.41) is 8.83. The minimum Gasteiger partial charge on any atom is -0.373 e. The van der Waals surface area contributed by atoms with Crippen molar-refractivity contribution in [2.45, 2.75) is 44.6 Å². The molecule has 0 amide bonds. The maximum absolute atomic E-state index is 12.2. The summed E-state index contributed by atoms with van der Waals surface area (Å²) in [5.41, 5.74) is -4.62. The largest absolute Gasteiger partial charge is 0.426 e. The van der Waals surface area contributed by atoms with Crippen LogP contribution in [-0.4, -0.2) is 23.1 Å². The van der Waals surface area contributed by atoms with Crippen LogP contribution >= 0.6 is 0 Å². The van der Waals surface area contributed by atoms with E-state index in [1.165, 1.54) is 6.92 Å². The maximum Gasteiger partial charge on any atom is 0.426 e. The molecule has 0 radical (unpaired) electrons. The average molecular weight is 238 g/mol. The van der Waals surface area contributed by atoms with Crippen molar-refractivity contribution in [1.29, 1.82) is 0 Å². The number of halogens is 6. The minimum atomic E-state index is -5.71. The summed E-state index contributed by atoms with van der Waals surface area (Å²) in [5.74, 6) is -1.91. The summed E-state index contributed by atoms with van der Waals surface area (Å²) in [6.07, 6.45) is -11.6. The van der Waals surface area contributed by atoms with Crippen molar-refractivity contribution in [3.8, 4) is 0 Å². The van der Waals surface area contributed by atoms with Gasteiger partial charge in [0, 0.05) is 5.92 Å². The van der Waals surface area contributed by atoms with Gasteiger partial charge < -0.3 is 5.11 Å².